The second kappa shape index (κ2) is 10.7. The fourth-order valence-electron chi connectivity index (χ4n) is 2.90. The lowest BCUT2D eigenvalue weighted by atomic mass is 10.1. The number of halogens is 2. The van der Waals surface area contributed by atoms with Crippen molar-refractivity contribution in [2.45, 2.75) is 13.5 Å². The molecule has 0 spiro atoms. The number of methoxy groups -OCH3 is 1. The van der Waals surface area contributed by atoms with Gasteiger partial charge in [0, 0.05) is 17.3 Å². The number of rotatable bonds is 7. The van der Waals surface area contributed by atoms with Crippen LogP contribution >= 0.6 is 23.2 Å². The quantitative estimate of drug-likeness (QED) is 0.321. The molecule has 3 aromatic rings. The maximum Gasteiger partial charge on any atom is 0.266 e. The van der Waals surface area contributed by atoms with Crippen molar-refractivity contribution in [3.63, 3.8) is 0 Å². The number of nitrogens with one attached hydrogen (secondary N) is 1. The minimum Gasteiger partial charge on any atom is -0.497 e. The summed E-state index contributed by atoms with van der Waals surface area (Å²) < 4.78 is 11.2. The van der Waals surface area contributed by atoms with Gasteiger partial charge in [-0.1, -0.05) is 41.4 Å². The largest absolute Gasteiger partial charge is 0.497 e. The van der Waals surface area contributed by atoms with Gasteiger partial charge in [0.05, 0.1) is 17.2 Å². The van der Waals surface area contributed by atoms with E-state index in [-0.39, 0.29) is 12.2 Å². The Hall–Kier alpha value is -3.46. The van der Waals surface area contributed by atoms with Gasteiger partial charge in [-0.3, -0.25) is 4.79 Å². The molecular weight excluding hydrogens is 447 g/mol. The van der Waals surface area contributed by atoms with Gasteiger partial charge in [-0.05, 0) is 60.5 Å². The van der Waals surface area contributed by atoms with Crippen molar-refractivity contribution in [3.05, 3.63) is 93.0 Å². The van der Waals surface area contributed by atoms with E-state index in [0.29, 0.717) is 32.8 Å². The molecule has 0 atom stereocenters. The molecule has 3 rings (SSSR count). The highest BCUT2D eigenvalue weighted by atomic mass is 35.5. The van der Waals surface area contributed by atoms with Crippen molar-refractivity contribution in [3.8, 4) is 17.6 Å². The summed E-state index contributed by atoms with van der Waals surface area (Å²) >= 11 is 12.0. The molecule has 0 aromatic heterocycles. The molecule has 7 heteroatoms. The number of nitrogens with zero attached hydrogens (tertiary/aromatic N) is 1. The lowest BCUT2D eigenvalue weighted by Gasteiger charge is -2.12. The molecule has 32 heavy (non-hydrogen) atoms. The number of nitriles is 1. The standard InChI is InChI=1S/C25H20Cl2N2O3/c1-16-4-3-5-20(10-16)29-25(30)19(14-28)12-18-7-8-21(31-2)13-24(18)32-15-17-6-9-22(26)23(27)11-17/h3-13H,15H2,1-2H3,(H,29,30)/b19-12+. The first-order valence-corrected chi connectivity index (χ1v) is 10.4. The van der Waals surface area contributed by atoms with E-state index in [4.69, 9.17) is 32.7 Å². The van der Waals surface area contributed by atoms with Crippen LogP contribution in [0.15, 0.2) is 66.2 Å². The number of hydrogen-bond acceptors (Lipinski definition) is 4. The van der Waals surface area contributed by atoms with Crippen molar-refractivity contribution in [1.29, 1.82) is 5.26 Å². The van der Waals surface area contributed by atoms with Gasteiger partial charge in [0.2, 0.25) is 0 Å². The van der Waals surface area contributed by atoms with Gasteiger partial charge in [-0.25, -0.2) is 0 Å². The van der Waals surface area contributed by atoms with Gasteiger partial charge >= 0.3 is 0 Å². The molecule has 1 amide bonds. The number of anilines is 1. The number of carbonyl (C=O) groups is 1. The number of aryl methyl sites for hydroxylation is 1. The van der Waals surface area contributed by atoms with Gasteiger partial charge in [0.25, 0.3) is 5.91 Å². The molecule has 0 heterocycles. The van der Waals surface area contributed by atoms with Crippen LogP contribution in [0.4, 0.5) is 5.69 Å². The van der Waals surface area contributed by atoms with Crippen LogP contribution < -0.4 is 14.8 Å². The average Bonchev–Trinajstić information content (AvgIpc) is 2.78. The molecule has 0 aliphatic carbocycles. The Balaban J connectivity index is 1.86. The number of amides is 1. The van der Waals surface area contributed by atoms with Crippen molar-refractivity contribution < 1.29 is 14.3 Å². The van der Waals surface area contributed by atoms with E-state index < -0.39 is 5.91 Å². The van der Waals surface area contributed by atoms with Gasteiger partial charge in [0.15, 0.2) is 0 Å². The van der Waals surface area contributed by atoms with E-state index >= 15 is 0 Å². The molecule has 0 saturated carbocycles. The van der Waals surface area contributed by atoms with E-state index in [1.807, 2.05) is 31.2 Å². The minimum atomic E-state index is -0.510. The first kappa shape index (κ1) is 23.2. The van der Waals surface area contributed by atoms with E-state index in [9.17, 15) is 10.1 Å². The average molecular weight is 467 g/mol. The number of hydrogen-bond donors (Lipinski definition) is 1. The molecular formula is C25H20Cl2N2O3. The van der Waals surface area contributed by atoms with Gasteiger partial charge in [-0.2, -0.15) is 5.26 Å². The summed E-state index contributed by atoms with van der Waals surface area (Å²) in [5.41, 5.74) is 2.92. The summed E-state index contributed by atoms with van der Waals surface area (Å²) in [5, 5.41) is 13.2. The minimum absolute atomic E-state index is 0.0592. The highest BCUT2D eigenvalue weighted by molar-refractivity contribution is 6.42. The Morgan fingerprint density at radius 2 is 1.91 bits per heavy atom. The topological polar surface area (TPSA) is 71.3 Å². The van der Waals surface area contributed by atoms with Crippen LogP contribution in [-0.4, -0.2) is 13.0 Å². The van der Waals surface area contributed by atoms with Crippen LogP contribution in [-0.2, 0) is 11.4 Å². The van der Waals surface area contributed by atoms with Gasteiger partial charge < -0.3 is 14.8 Å². The molecule has 3 aromatic carbocycles. The Morgan fingerprint density at radius 1 is 1.09 bits per heavy atom. The van der Waals surface area contributed by atoms with Crippen molar-refractivity contribution in [1.82, 2.24) is 0 Å². The summed E-state index contributed by atoms with van der Waals surface area (Å²) in [6, 6.07) is 19.7. The zero-order valence-corrected chi connectivity index (χ0v) is 19.0. The second-order valence-electron chi connectivity index (χ2n) is 6.93. The summed E-state index contributed by atoms with van der Waals surface area (Å²) in [5.74, 6) is 0.518. The van der Waals surface area contributed by atoms with E-state index in [1.54, 1.807) is 49.6 Å². The molecule has 0 aliphatic rings. The third-order valence-electron chi connectivity index (χ3n) is 4.54. The number of ether oxygens (including phenoxy) is 2. The van der Waals surface area contributed by atoms with Crippen LogP contribution in [0, 0.1) is 18.3 Å². The molecule has 0 unspecified atom stereocenters. The summed E-state index contributed by atoms with van der Waals surface area (Å²) in [6.07, 6.45) is 1.48. The lowest BCUT2D eigenvalue weighted by molar-refractivity contribution is -0.112. The SMILES string of the molecule is COc1ccc(/C=C(\C#N)C(=O)Nc2cccc(C)c2)c(OCc2ccc(Cl)c(Cl)c2)c1. The lowest BCUT2D eigenvalue weighted by Crippen LogP contribution is -2.13. The van der Waals surface area contributed by atoms with Crippen LogP contribution in [0.3, 0.4) is 0 Å². The summed E-state index contributed by atoms with van der Waals surface area (Å²) in [6.45, 7) is 2.13. The van der Waals surface area contributed by atoms with Gasteiger partial charge in [0.1, 0.15) is 29.7 Å². The van der Waals surface area contributed by atoms with Crippen LogP contribution in [0.5, 0.6) is 11.5 Å². The smallest absolute Gasteiger partial charge is 0.266 e. The Morgan fingerprint density at radius 3 is 2.59 bits per heavy atom. The predicted octanol–water partition coefficient (Wildman–Crippen LogP) is 6.44. The number of carbonyl (C=O) groups excluding carboxylic acids is 1. The highest BCUT2D eigenvalue weighted by Gasteiger charge is 2.13. The number of benzene rings is 3. The Kier molecular flexibility index (Phi) is 7.77. The maximum atomic E-state index is 12.6. The normalized spacial score (nSPS) is 10.9. The van der Waals surface area contributed by atoms with Gasteiger partial charge in [-0.15, -0.1) is 0 Å². The fourth-order valence-corrected chi connectivity index (χ4v) is 3.22. The maximum absolute atomic E-state index is 12.6. The third-order valence-corrected chi connectivity index (χ3v) is 5.28. The molecule has 1 N–H and O–H groups in total. The zero-order chi connectivity index (χ0) is 23.1. The van der Waals surface area contributed by atoms with E-state index in [1.165, 1.54) is 6.08 Å². The molecule has 0 aliphatic heterocycles. The van der Waals surface area contributed by atoms with Crippen molar-refractivity contribution in [2.75, 3.05) is 12.4 Å². The van der Waals surface area contributed by atoms with E-state index in [2.05, 4.69) is 5.32 Å². The first-order valence-electron chi connectivity index (χ1n) is 9.64. The monoisotopic (exact) mass is 466 g/mol. The molecule has 5 nitrogen and oxygen atoms in total. The Bertz CT molecular complexity index is 1220. The fraction of sp³-hybridized carbons (Fsp3) is 0.120. The van der Waals surface area contributed by atoms with Crippen LogP contribution in [0.25, 0.3) is 6.08 Å². The highest BCUT2D eigenvalue weighted by Crippen LogP contribution is 2.29. The second-order valence-corrected chi connectivity index (χ2v) is 7.75. The summed E-state index contributed by atoms with van der Waals surface area (Å²) in [4.78, 5) is 12.6. The van der Waals surface area contributed by atoms with Crippen LogP contribution in [0.1, 0.15) is 16.7 Å². The first-order chi connectivity index (χ1) is 15.4. The van der Waals surface area contributed by atoms with Crippen molar-refractivity contribution in [2.24, 2.45) is 0 Å². The molecule has 0 fully saturated rings. The van der Waals surface area contributed by atoms with Crippen molar-refractivity contribution >= 4 is 40.9 Å². The summed E-state index contributed by atoms with van der Waals surface area (Å²) in [7, 11) is 1.55. The molecule has 0 radical (unpaired) electrons. The predicted molar refractivity (Wildman–Crippen MR) is 127 cm³/mol. The molecule has 162 valence electrons. The van der Waals surface area contributed by atoms with E-state index in [0.717, 1.165) is 11.1 Å². The molecule has 0 saturated heterocycles. The molecule has 0 bridgehead atoms. The third kappa shape index (κ3) is 6.04. The zero-order valence-electron chi connectivity index (χ0n) is 17.5. The van der Waals surface area contributed by atoms with Crippen LogP contribution in [0.2, 0.25) is 10.0 Å². The Labute approximate surface area is 196 Å².